The van der Waals surface area contributed by atoms with Gasteiger partial charge in [0, 0.05) is 31.1 Å². The van der Waals surface area contributed by atoms with Crippen molar-refractivity contribution in [3.63, 3.8) is 0 Å². The standard InChI is InChI=1S/C19H22N4O3/c1-13(2)23-12-21-17-9-14(11-20-18(17)23)19(24)22-15-5-4-6-16(10-15)26-8-7-25-3/h4-6,9-13H,7-8H2,1-3H3,(H,22,24). The number of rotatable bonds is 7. The normalized spacial score (nSPS) is 11.1. The van der Waals surface area contributed by atoms with Gasteiger partial charge in [-0.25, -0.2) is 9.97 Å². The minimum Gasteiger partial charge on any atom is -0.491 e. The minimum atomic E-state index is -0.243. The summed E-state index contributed by atoms with van der Waals surface area (Å²) in [7, 11) is 1.62. The molecule has 136 valence electrons. The van der Waals surface area contributed by atoms with Crippen LogP contribution in [0.4, 0.5) is 5.69 Å². The summed E-state index contributed by atoms with van der Waals surface area (Å²) in [6.45, 7) is 5.08. The van der Waals surface area contributed by atoms with Gasteiger partial charge in [-0.15, -0.1) is 0 Å². The second-order valence-corrected chi connectivity index (χ2v) is 6.14. The Bertz CT molecular complexity index is 905. The Hall–Kier alpha value is -2.93. The molecule has 0 saturated heterocycles. The molecular formula is C19H22N4O3. The maximum atomic E-state index is 12.5. The number of carbonyl (C=O) groups is 1. The van der Waals surface area contributed by atoms with Gasteiger partial charge in [0.25, 0.3) is 5.91 Å². The van der Waals surface area contributed by atoms with E-state index < -0.39 is 0 Å². The number of imidazole rings is 1. The van der Waals surface area contributed by atoms with Crippen LogP contribution in [-0.2, 0) is 4.74 Å². The van der Waals surface area contributed by atoms with Crippen LogP contribution < -0.4 is 10.1 Å². The number of methoxy groups -OCH3 is 1. The van der Waals surface area contributed by atoms with E-state index in [9.17, 15) is 4.79 Å². The van der Waals surface area contributed by atoms with E-state index >= 15 is 0 Å². The first-order valence-corrected chi connectivity index (χ1v) is 8.44. The van der Waals surface area contributed by atoms with Crippen LogP contribution in [0.15, 0.2) is 42.9 Å². The number of benzene rings is 1. The van der Waals surface area contributed by atoms with Crippen LogP contribution in [0.3, 0.4) is 0 Å². The summed E-state index contributed by atoms with van der Waals surface area (Å²) in [6.07, 6.45) is 3.31. The second-order valence-electron chi connectivity index (χ2n) is 6.14. The Morgan fingerprint density at radius 1 is 1.23 bits per heavy atom. The van der Waals surface area contributed by atoms with Gasteiger partial charge in [-0.3, -0.25) is 4.79 Å². The monoisotopic (exact) mass is 354 g/mol. The van der Waals surface area contributed by atoms with Crippen molar-refractivity contribution in [3.8, 4) is 5.75 Å². The predicted molar refractivity (Wildman–Crippen MR) is 99.7 cm³/mol. The average molecular weight is 354 g/mol. The van der Waals surface area contributed by atoms with E-state index in [4.69, 9.17) is 9.47 Å². The Morgan fingerprint density at radius 2 is 2.08 bits per heavy atom. The Labute approximate surface area is 152 Å². The third kappa shape index (κ3) is 4.00. The number of anilines is 1. The van der Waals surface area contributed by atoms with Crippen molar-refractivity contribution in [2.24, 2.45) is 0 Å². The van der Waals surface area contributed by atoms with Crippen molar-refractivity contribution in [1.29, 1.82) is 0 Å². The zero-order chi connectivity index (χ0) is 18.5. The van der Waals surface area contributed by atoms with E-state index in [-0.39, 0.29) is 11.9 Å². The van der Waals surface area contributed by atoms with Gasteiger partial charge in [-0.05, 0) is 32.0 Å². The molecule has 1 amide bonds. The van der Waals surface area contributed by atoms with Crippen LogP contribution in [0.2, 0.25) is 0 Å². The maximum Gasteiger partial charge on any atom is 0.257 e. The maximum absolute atomic E-state index is 12.5. The van der Waals surface area contributed by atoms with E-state index in [2.05, 4.69) is 29.1 Å². The quantitative estimate of drug-likeness (QED) is 0.659. The van der Waals surface area contributed by atoms with Crippen molar-refractivity contribution in [3.05, 3.63) is 48.4 Å². The lowest BCUT2D eigenvalue weighted by atomic mass is 10.2. The minimum absolute atomic E-state index is 0.243. The number of aromatic nitrogens is 3. The van der Waals surface area contributed by atoms with Crippen LogP contribution >= 0.6 is 0 Å². The largest absolute Gasteiger partial charge is 0.491 e. The molecule has 0 aliphatic rings. The molecule has 3 aromatic rings. The Morgan fingerprint density at radius 3 is 2.85 bits per heavy atom. The number of ether oxygens (including phenoxy) is 2. The van der Waals surface area contributed by atoms with Crippen molar-refractivity contribution in [2.75, 3.05) is 25.6 Å². The van der Waals surface area contributed by atoms with Crippen LogP contribution in [0.1, 0.15) is 30.2 Å². The molecule has 1 aromatic carbocycles. The molecule has 3 rings (SSSR count). The molecule has 2 heterocycles. The summed E-state index contributed by atoms with van der Waals surface area (Å²) in [5.41, 5.74) is 2.57. The third-order valence-corrected chi connectivity index (χ3v) is 3.88. The van der Waals surface area contributed by atoms with Crippen molar-refractivity contribution >= 4 is 22.8 Å². The fourth-order valence-corrected chi connectivity index (χ4v) is 2.53. The van der Waals surface area contributed by atoms with Crippen LogP contribution in [0.5, 0.6) is 5.75 Å². The van der Waals surface area contributed by atoms with Crippen LogP contribution in [-0.4, -0.2) is 40.8 Å². The number of nitrogens with zero attached hydrogens (tertiary/aromatic N) is 3. The van der Waals surface area contributed by atoms with E-state index in [0.29, 0.717) is 35.7 Å². The van der Waals surface area contributed by atoms with E-state index in [0.717, 1.165) is 5.65 Å². The molecule has 7 heteroatoms. The summed E-state index contributed by atoms with van der Waals surface area (Å²) >= 11 is 0. The van der Waals surface area contributed by atoms with Gasteiger partial charge >= 0.3 is 0 Å². The highest BCUT2D eigenvalue weighted by Gasteiger charge is 2.12. The number of amides is 1. The highest BCUT2D eigenvalue weighted by molar-refractivity contribution is 6.05. The van der Waals surface area contributed by atoms with E-state index in [1.54, 1.807) is 37.8 Å². The third-order valence-electron chi connectivity index (χ3n) is 3.88. The molecule has 1 N–H and O–H groups in total. The van der Waals surface area contributed by atoms with E-state index in [1.807, 2.05) is 16.7 Å². The number of fused-ring (bicyclic) bond motifs is 1. The summed E-state index contributed by atoms with van der Waals surface area (Å²) in [5, 5.41) is 2.86. The van der Waals surface area contributed by atoms with Crippen LogP contribution in [0, 0.1) is 0 Å². The number of nitrogens with one attached hydrogen (secondary N) is 1. The van der Waals surface area contributed by atoms with Gasteiger partial charge in [0.15, 0.2) is 5.65 Å². The smallest absolute Gasteiger partial charge is 0.257 e. The van der Waals surface area contributed by atoms with Crippen molar-refractivity contribution in [1.82, 2.24) is 14.5 Å². The molecule has 0 fully saturated rings. The van der Waals surface area contributed by atoms with Gasteiger partial charge in [0.1, 0.15) is 17.9 Å². The SMILES string of the molecule is COCCOc1cccc(NC(=O)c2cnc3c(c2)ncn3C(C)C)c1. The van der Waals surface area contributed by atoms with Gasteiger partial charge in [0.05, 0.1) is 18.5 Å². The number of carbonyl (C=O) groups excluding carboxylic acids is 1. The molecule has 0 spiro atoms. The molecule has 0 unspecified atom stereocenters. The molecule has 7 nitrogen and oxygen atoms in total. The topological polar surface area (TPSA) is 78.3 Å². The van der Waals surface area contributed by atoms with Gasteiger partial charge in [-0.1, -0.05) is 6.07 Å². The molecule has 26 heavy (non-hydrogen) atoms. The summed E-state index contributed by atoms with van der Waals surface area (Å²) in [6, 6.07) is 9.23. The van der Waals surface area contributed by atoms with Crippen LogP contribution in [0.25, 0.3) is 11.2 Å². The zero-order valence-corrected chi connectivity index (χ0v) is 15.1. The molecule has 0 bridgehead atoms. The Kier molecular flexibility index (Phi) is 5.48. The first kappa shape index (κ1) is 17.9. The Balaban J connectivity index is 1.73. The van der Waals surface area contributed by atoms with Crippen molar-refractivity contribution in [2.45, 2.75) is 19.9 Å². The first-order chi connectivity index (χ1) is 12.6. The molecule has 0 aliphatic heterocycles. The lowest BCUT2D eigenvalue weighted by Crippen LogP contribution is -2.12. The molecule has 0 radical (unpaired) electrons. The van der Waals surface area contributed by atoms with Gasteiger partial charge in [0.2, 0.25) is 0 Å². The molecule has 2 aromatic heterocycles. The zero-order valence-electron chi connectivity index (χ0n) is 15.1. The lowest BCUT2D eigenvalue weighted by molar-refractivity contribution is 0.102. The van der Waals surface area contributed by atoms with E-state index in [1.165, 1.54) is 0 Å². The number of pyridine rings is 1. The van der Waals surface area contributed by atoms with Crippen molar-refractivity contribution < 1.29 is 14.3 Å². The highest BCUT2D eigenvalue weighted by Crippen LogP contribution is 2.20. The molecular weight excluding hydrogens is 332 g/mol. The molecule has 0 saturated carbocycles. The highest BCUT2D eigenvalue weighted by atomic mass is 16.5. The molecule has 0 aliphatic carbocycles. The summed E-state index contributed by atoms with van der Waals surface area (Å²) in [5.74, 6) is 0.427. The second kappa shape index (κ2) is 7.97. The first-order valence-electron chi connectivity index (χ1n) is 8.44. The number of hydrogen-bond acceptors (Lipinski definition) is 5. The fourth-order valence-electron chi connectivity index (χ4n) is 2.53. The lowest BCUT2D eigenvalue weighted by Gasteiger charge is -2.09. The van der Waals surface area contributed by atoms with Gasteiger partial charge < -0.3 is 19.4 Å². The molecule has 0 atom stereocenters. The average Bonchev–Trinajstić information content (AvgIpc) is 3.05. The summed E-state index contributed by atoms with van der Waals surface area (Å²) in [4.78, 5) is 21.3. The van der Waals surface area contributed by atoms with Gasteiger partial charge in [-0.2, -0.15) is 0 Å². The predicted octanol–water partition coefficient (Wildman–Crippen LogP) is 3.29. The fraction of sp³-hybridized carbons (Fsp3) is 0.316. The number of hydrogen-bond donors (Lipinski definition) is 1. The summed E-state index contributed by atoms with van der Waals surface area (Å²) < 4.78 is 12.5.